The molecule has 0 spiro atoms. The molecule has 1 aromatic rings. The molecule has 1 aliphatic rings. The first-order valence-electron chi connectivity index (χ1n) is 6.55. The SMILES string of the molecule is CCC1(c2cncc(OC)c2)CCCCCN1. The Hall–Kier alpha value is -1.09. The van der Waals surface area contributed by atoms with Crippen LogP contribution in [0.4, 0.5) is 0 Å². The Kier molecular flexibility index (Phi) is 4.00. The molecule has 2 rings (SSSR count). The summed E-state index contributed by atoms with van der Waals surface area (Å²) in [7, 11) is 1.69. The monoisotopic (exact) mass is 234 g/mol. The first kappa shape index (κ1) is 12.4. The number of methoxy groups -OCH3 is 1. The Morgan fingerprint density at radius 1 is 1.35 bits per heavy atom. The van der Waals surface area contributed by atoms with Crippen LogP contribution in [-0.2, 0) is 5.54 Å². The van der Waals surface area contributed by atoms with Gasteiger partial charge in [0.25, 0.3) is 0 Å². The van der Waals surface area contributed by atoms with Crippen molar-refractivity contribution in [1.29, 1.82) is 0 Å². The molecule has 1 aliphatic heterocycles. The van der Waals surface area contributed by atoms with Crippen LogP contribution in [-0.4, -0.2) is 18.6 Å². The van der Waals surface area contributed by atoms with Gasteiger partial charge < -0.3 is 10.1 Å². The highest BCUT2D eigenvalue weighted by atomic mass is 16.5. The van der Waals surface area contributed by atoms with Crippen molar-refractivity contribution in [2.24, 2.45) is 0 Å². The molecule has 0 radical (unpaired) electrons. The first-order valence-corrected chi connectivity index (χ1v) is 6.55. The van der Waals surface area contributed by atoms with E-state index >= 15 is 0 Å². The molecular weight excluding hydrogens is 212 g/mol. The fourth-order valence-corrected chi connectivity index (χ4v) is 2.69. The fourth-order valence-electron chi connectivity index (χ4n) is 2.69. The van der Waals surface area contributed by atoms with Gasteiger partial charge in [-0.25, -0.2) is 0 Å². The van der Waals surface area contributed by atoms with Gasteiger partial charge in [0.05, 0.1) is 13.3 Å². The second kappa shape index (κ2) is 5.50. The number of aromatic nitrogens is 1. The maximum atomic E-state index is 5.28. The van der Waals surface area contributed by atoms with Crippen LogP contribution < -0.4 is 10.1 Å². The van der Waals surface area contributed by atoms with Gasteiger partial charge in [-0.05, 0) is 37.4 Å². The fraction of sp³-hybridized carbons (Fsp3) is 0.643. The zero-order valence-electron chi connectivity index (χ0n) is 10.8. The molecule has 3 nitrogen and oxygen atoms in total. The van der Waals surface area contributed by atoms with Crippen LogP contribution in [0, 0.1) is 0 Å². The van der Waals surface area contributed by atoms with Crippen LogP contribution >= 0.6 is 0 Å². The van der Waals surface area contributed by atoms with Gasteiger partial charge in [0.1, 0.15) is 5.75 Å². The molecule has 0 amide bonds. The van der Waals surface area contributed by atoms with Crippen molar-refractivity contribution in [2.75, 3.05) is 13.7 Å². The molecule has 1 unspecified atom stereocenters. The molecule has 17 heavy (non-hydrogen) atoms. The lowest BCUT2D eigenvalue weighted by molar-refractivity contribution is 0.309. The summed E-state index contributed by atoms with van der Waals surface area (Å²) in [5.41, 5.74) is 1.36. The lowest BCUT2D eigenvalue weighted by Crippen LogP contribution is -2.41. The van der Waals surface area contributed by atoms with Gasteiger partial charge in [-0.2, -0.15) is 0 Å². The van der Waals surface area contributed by atoms with E-state index in [0.717, 1.165) is 18.7 Å². The van der Waals surface area contributed by atoms with Crippen molar-refractivity contribution in [2.45, 2.75) is 44.6 Å². The zero-order chi connectivity index (χ0) is 12.1. The molecule has 0 aromatic carbocycles. The highest BCUT2D eigenvalue weighted by molar-refractivity contribution is 5.29. The predicted molar refractivity (Wildman–Crippen MR) is 69.2 cm³/mol. The number of nitrogens with zero attached hydrogens (tertiary/aromatic N) is 1. The average Bonchev–Trinajstić information content (AvgIpc) is 2.65. The second-order valence-corrected chi connectivity index (χ2v) is 4.79. The number of hydrogen-bond acceptors (Lipinski definition) is 3. The van der Waals surface area contributed by atoms with Crippen LogP contribution in [0.1, 0.15) is 44.6 Å². The van der Waals surface area contributed by atoms with Crippen molar-refractivity contribution >= 4 is 0 Å². The lowest BCUT2D eigenvalue weighted by Gasteiger charge is -2.33. The van der Waals surface area contributed by atoms with Crippen LogP contribution in [0.5, 0.6) is 5.75 Å². The molecular formula is C14H22N2O. The lowest BCUT2D eigenvalue weighted by atomic mass is 9.84. The zero-order valence-corrected chi connectivity index (χ0v) is 10.8. The van der Waals surface area contributed by atoms with E-state index in [-0.39, 0.29) is 5.54 Å². The van der Waals surface area contributed by atoms with Gasteiger partial charge in [0.15, 0.2) is 0 Å². The predicted octanol–water partition coefficient (Wildman–Crippen LogP) is 2.86. The number of pyridine rings is 1. The molecule has 2 heterocycles. The minimum atomic E-state index is 0.0953. The maximum absolute atomic E-state index is 5.28. The van der Waals surface area contributed by atoms with Crippen molar-refractivity contribution in [3.05, 3.63) is 24.0 Å². The quantitative estimate of drug-likeness (QED) is 0.873. The average molecular weight is 234 g/mol. The Bertz CT molecular complexity index is 357. The smallest absolute Gasteiger partial charge is 0.137 e. The van der Waals surface area contributed by atoms with E-state index < -0.39 is 0 Å². The highest BCUT2D eigenvalue weighted by Crippen LogP contribution is 2.33. The molecule has 1 atom stereocenters. The third-order valence-electron chi connectivity index (χ3n) is 3.85. The molecule has 94 valence electrons. The number of ether oxygens (including phenoxy) is 1. The van der Waals surface area contributed by atoms with Gasteiger partial charge in [-0.3, -0.25) is 4.98 Å². The number of nitrogens with one attached hydrogen (secondary N) is 1. The summed E-state index contributed by atoms with van der Waals surface area (Å²) in [6.07, 6.45) is 9.93. The summed E-state index contributed by atoms with van der Waals surface area (Å²) in [6, 6.07) is 2.12. The minimum Gasteiger partial charge on any atom is -0.495 e. The minimum absolute atomic E-state index is 0.0953. The van der Waals surface area contributed by atoms with Crippen molar-refractivity contribution in [3.8, 4) is 5.75 Å². The molecule has 0 aliphatic carbocycles. The van der Waals surface area contributed by atoms with E-state index in [1.54, 1.807) is 13.3 Å². The van der Waals surface area contributed by atoms with E-state index in [1.165, 1.54) is 31.2 Å². The Morgan fingerprint density at radius 2 is 2.24 bits per heavy atom. The second-order valence-electron chi connectivity index (χ2n) is 4.79. The van der Waals surface area contributed by atoms with Crippen LogP contribution in [0.3, 0.4) is 0 Å². The van der Waals surface area contributed by atoms with Crippen LogP contribution in [0.25, 0.3) is 0 Å². The Balaban J connectivity index is 2.31. The van der Waals surface area contributed by atoms with Crippen molar-refractivity contribution in [3.63, 3.8) is 0 Å². The van der Waals surface area contributed by atoms with E-state index in [2.05, 4.69) is 23.3 Å². The van der Waals surface area contributed by atoms with Crippen molar-refractivity contribution < 1.29 is 4.74 Å². The summed E-state index contributed by atoms with van der Waals surface area (Å²) in [5, 5.41) is 3.72. The van der Waals surface area contributed by atoms with Gasteiger partial charge in [0.2, 0.25) is 0 Å². The Morgan fingerprint density at radius 3 is 3.00 bits per heavy atom. The Labute approximate surface area is 104 Å². The molecule has 3 heteroatoms. The van der Waals surface area contributed by atoms with E-state index in [4.69, 9.17) is 4.74 Å². The summed E-state index contributed by atoms with van der Waals surface area (Å²) in [4.78, 5) is 4.29. The normalized spacial score (nSPS) is 25.3. The largest absolute Gasteiger partial charge is 0.495 e. The van der Waals surface area contributed by atoms with E-state index in [1.807, 2.05) is 6.20 Å². The van der Waals surface area contributed by atoms with Gasteiger partial charge >= 0.3 is 0 Å². The van der Waals surface area contributed by atoms with E-state index in [9.17, 15) is 0 Å². The third kappa shape index (κ3) is 2.60. The van der Waals surface area contributed by atoms with Gasteiger partial charge in [-0.15, -0.1) is 0 Å². The summed E-state index contributed by atoms with van der Waals surface area (Å²) >= 11 is 0. The molecule has 1 fully saturated rings. The van der Waals surface area contributed by atoms with Crippen molar-refractivity contribution in [1.82, 2.24) is 10.3 Å². The highest BCUT2D eigenvalue weighted by Gasteiger charge is 2.31. The van der Waals surface area contributed by atoms with Crippen LogP contribution in [0.15, 0.2) is 18.5 Å². The summed E-state index contributed by atoms with van der Waals surface area (Å²) in [5.74, 6) is 0.848. The van der Waals surface area contributed by atoms with Crippen LogP contribution in [0.2, 0.25) is 0 Å². The molecule has 1 aromatic heterocycles. The molecule has 1 saturated heterocycles. The summed E-state index contributed by atoms with van der Waals surface area (Å²) < 4.78 is 5.28. The molecule has 1 N–H and O–H groups in total. The van der Waals surface area contributed by atoms with Gasteiger partial charge in [0, 0.05) is 11.7 Å². The molecule has 0 saturated carbocycles. The van der Waals surface area contributed by atoms with E-state index in [0.29, 0.717) is 0 Å². The topological polar surface area (TPSA) is 34.1 Å². The maximum Gasteiger partial charge on any atom is 0.137 e. The summed E-state index contributed by atoms with van der Waals surface area (Å²) in [6.45, 7) is 3.35. The first-order chi connectivity index (χ1) is 8.30. The number of rotatable bonds is 3. The van der Waals surface area contributed by atoms with Gasteiger partial charge in [-0.1, -0.05) is 19.8 Å². The standard InChI is InChI=1S/C14H22N2O/c1-3-14(7-5-4-6-8-16-14)12-9-13(17-2)11-15-10-12/h9-11,16H,3-8H2,1-2H3. The molecule has 0 bridgehead atoms. The number of hydrogen-bond donors (Lipinski definition) is 1. The third-order valence-corrected chi connectivity index (χ3v) is 3.85.